The molecule has 0 aliphatic rings. The maximum atomic E-state index is 13.8. The van der Waals surface area contributed by atoms with Crippen molar-refractivity contribution in [3.63, 3.8) is 0 Å². The number of carbonyl (C=O) groups excluding carboxylic acids is 1. The third-order valence-electron chi connectivity index (χ3n) is 5.77. The zero-order valence-electron chi connectivity index (χ0n) is 20.4. The Morgan fingerprint density at radius 3 is 2.22 bits per heavy atom. The van der Waals surface area contributed by atoms with E-state index in [1.807, 2.05) is 35.6 Å². The van der Waals surface area contributed by atoms with Crippen molar-refractivity contribution in [1.82, 2.24) is 14.5 Å². The Morgan fingerprint density at radius 1 is 0.972 bits per heavy atom. The Labute approximate surface area is 221 Å². The fourth-order valence-corrected chi connectivity index (χ4v) is 4.89. The monoisotopic (exact) mass is 601 g/mol. The summed E-state index contributed by atoms with van der Waals surface area (Å²) < 4.78 is 23.7. The van der Waals surface area contributed by atoms with Crippen LogP contribution in [0, 0.1) is 10.6 Å². The molecule has 4 rings (SSSR count). The van der Waals surface area contributed by atoms with Gasteiger partial charge in [-0.25, -0.2) is 9.78 Å². The van der Waals surface area contributed by atoms with Gasteiger partial charge in [-0.2, -0.15) is 0 Å². The van der Waals surface area contributed by atoms with Gasteiger partial charge in [0.1, 0.15) is 9.39 Å². The van der Waals surface area contributed by atoms with Crippen LogP contribution in [0.3, 0.4) is 0 Å². The summed E-state index contributed by atoms with van der Waals surface area (Å²) in [5.41, 5.74) is 2.42. The number of aromatic nitrogens is 3. The molecule has 0 saturated carbocycles. The molecule has 0 saturated heterocycles. The Balaban J connectivity index is 2.18. The average molecular weight is 601 g/mol. The highest BCUT2D eigenvalue weighted by atomic mass is 127. The lowest BCUT2D eigenvalue weighted by Crippen LogP contribution is -2.29. The van der Waals surface area contributed by atoms with Gasteiger partial charge < -0.3 is 18.9 Å². The summed E-state index contributed by atoms with van der Waals surface area (Å²) in [5, 5.41) is 0.941. The Bertz CT molecular complexity index is 1510. The molecule has 1 aromatic carbocycles. The van der Waals surface area contributed by atoms with Crippen molar-refractivity contribution in [2.75, 3.05) is 28.4 Å². The van der Waals surface area contributed by atoms with Gasteiger partial charge in [0, 0.05) is 29.0 Å². The van der Waals surface area contributed by atoms with Crippen LogP contribution in [0.15, 0.2) is 47.5 Å². The maximum Gasteiger partial charge on any atom is 0.355 e. The second kappa shape index (κ2) is 10.5. The first-order valence-corrected chi connectivity index (χ1v) is 11.9. The van der Waals surface area contributed by atoms with Crippen molar-refractivity contribution in [3.8, 4) is 28.4 Å². The van der Waals surface area contributed by atoms with Crippen LogP contribution in [0.25, 0.3) is 21.9 Å². The largest absolute Gasteiger partial charge is 0.493 e. The summed E-state index contributed by atoms with van der Waals surface area (Å²) in [4.78, 5) is 35.7. The Hall–Kier alpha value is -3.67. The van der Waals surface area contributed by atoms with Gasteiger partial charge >= 0.3 is 5.97 Å². The van der Waals surface area contributed by atoms with E-state index < -0.39 is 5.97 Å². The van der Waals surface area contributed by atoms with Crippen LogP contribution in [0.5, 0.6) is 17.2 Å². The zero-order valence-corrected chi connectivity index (χ0v) is 22.6. The topological polar surface area (TPSA) is 102 Å². The summed E-state index contributed by atoms with van der Waals surface area (Å²) >= 11 is 2.03. The number of carbonyl (C=O) groups is 1. The highest BCUT2D eigenvalue weighted by molar-refractivity contribution is 14.1. The minimum absolute atomic E-state index is 0.0979. The molecule has 0 amide bonds. The number of benzene rings is 1. The van der Waals surface area contributed by atoms with Crippen LogP contribution in [0.2, 0.25) is 0 Å². The maximum absolute atomic E-state index is 13.8. The molecule has 186 valence electrons. The summed E-state index contributed by atoms with van der Waals surface area (Å²) in [6.45, 7) is 1.99. The number of hydrogen-bond acceptors (Lipinski definition) is 8. The van der Waals surface area contributed by atoms with Gasteiger partial charge in [-0.1, -0.05) is 0 Å². The van der Waals surface area contributed by atoms with Crippen molar-refractivity contribution in [1.29, 1.82) is 0 Å². The molecular weight excluding hydrogens is 577 g/mol. The van der Waals surface area contributed by atoms with E-state index in [2.05, 4.69) is 9.97 Å². The first-order chi connectivity index (χ1) is 17.3. The van der Waals surface area contributed by atoms with E-state index >= 15 is 0 Å². The van der Waals surface area contributed by atoms with E-state index in [1.165, 1.54) is 33.0 Å². The van der Waals surface area contributed by atoms with Crippen LogP contribution in [-0.2, 0) is 11.3 Å². The van der Waals surface area contributed by atoms with Gasteiger partial charge in [-0.05, 0) is 71.0 Å². The number of esters is 1. The van der Waals surface area contributed by atoms with Crippen molar-refractivity contribution in [2.24, 2.45) is 0 Å². The van der Waals surface area contributed by atoms with E-state index in [4.69, 9.17) is 18.9 Å². The lowest BCUT2D eigenvalue weighted by atomic mass is 9.96. The van der Waals surface area contributed by atoms with Gasteiger partial charge in [0.25, 0.3) is 5.56 Å². The van der Waals surface area contributed by atoms with Crippen LogP contribution in [0.1, 0.15) is 21.7 Å². The lowest BCUT2D eigenvalue weighted by molar-refractivity contribution is 0.0588. The zero-order chi connectivity index (χ0) is 26.0. The normalized spacial score (nSPS) is 10.8. The second-order valence-corrected chi connectivity index (χ2v) is 8.87. The predicted octanol–water partition coefficient (Wildman–Crippen LogP) is 4.23. The van der Waals surface area contributed by atoms with Gasteiger partial charge in [0.2, 0.25) is 5.75 Å². The number of nitrogens with zero attached hydrogens (tertiary/aromatic N) is 3. The van der Waals surface area contributed by atoms with Gasteiger partial charge in [0.05, 0.1) is 40.4 Å². The van der Waals surface area contributed by atoms with Crippen LogP contribution < -0.4 is 19.8 Å². The standard InChI is InChI=1S/C26H24IN3O6/c1-14-10-15(6-8-28-14)13-30-22(26(32)36-5)20(17-7-9-29-24(27)21(17)25(30)31)16-11-18(33-2)23(35-4)19(12-16)34-3/h6-12H,13H2,1-5H3. The third kappa shape index (κ3) is 4.48. The molecule has 0 atom stereocenters. The molecule has 0 bridgehead atoms. The summed E-state index contributed by atoms with van der Waals surface area (Å²) in [6.07, 6.45) is 3.27. The first-order valence-electron chi connectivity index (χ1n) is 10.9. The van der Waals surface area contributed by atoms with Crippen LogP contribution in [0.4, 0.5) is 0 Å². The molecule has 9 nitrogen and oxygen atoms in total. The molecule has 10 heteroatoms. The molecule has 3 heterocycles. The molecule has 3 aromatic heterocycles. The number of ether oxygens (including phenoxy) is 4. The van der Waals surface area contributed by atoms with E-state index in [1.54, 1.807) is 36.7 Å². The quantitative estimate of drug-likeness (QED) is 0.176. The van der Waals surface area contributed by atoms with E-state index in [9.17, 15) is 9.59 Å². The van der Waals surface area contributed by atoms with E-state index in [0.717, 1.165) is 11.3 Å². The molecule has 4 aromatic rings. The molecule has 0 N–H and O–H groups in total. The summed E-state index contributed by atoms with van der Waals surface area (Å²) in [7, 11) is 5.83. The SMILES string of the molecule is COC(=O)c1c(-c2cc(OC)c(OC)c(OC)c2)c2ccnc(I)c2c(=O)n1Cc1ccnc(C)c1. The van der Waals surface area contributed by atoms with Crippen molar-refractivity contribution >= 4 is 39.3 Å². The molecule has 36 heavy (non-hydrogen) atoms. The van der Waals surface area contributed by atoms with Gasteiger partial charge in [-0.15, -0.1) is 0 Å². The van der Waals surface area contributed by atoms with E-state index in [0.29, 0.717) is 42.8 Å². The Morgan fingerprint density at radius 2 is 1.64 bits per heavy atom. The molecule has 0 radical (unpaired) electrons. The average Bonchev–Trinajstić information content (AvgIpc) is 2.88. The van der Waals surface area contributed by atoms with Gasteiger partial charge in [-0.3, -0.25) is 14.3 Å². The number of fused-ring (bicyclic) bond motifs is 1. The highest BCUT2D eigenvalue weighted by Gasteiger charge is 2.27. The van der Waals surface area contributed by atoms with Crippen LogP contribution >= 0.6 is 22.6 Å². The number of rotatable bonds is 7. The number of methoxy groups -OCH3 is 4. The summed E-state index contributed by atoms with van der Waals surface area (Å²) in [6, 6.07) is 8.86. The number of pyridine rings is 3. The summed E-state index contributed by atoms with van der Waals surface area (Å²) in [5.74, 6) is 0.559. The molecule has 0 fully saturated rings. The fraction of sp³-hybridized carbons (Fsp3) is 0.231. The van der Waals surface area contributed by atoms with Crippen molar-refractivity contribution in [3.05, 3.63) is 73.7 Å². The molecule has 0 aliphatic heterocycles. The first kappa shape index (κ1) is 25.4. The lowest BCUT2D eigenvalue weighted by Gasteiger charge is -2.20. The number of aryl methyl sites for hydroxylation is 1. The second-order valence-electron chi connectivity index (χ2n) is 7.85. The smallest absolute Gasteiger partial charge is 0.355 e. The predicted molar refractivity (Wildman–Crippen MR) is 143 cm³/mol. The number of halogens is 1. The highest BCUT2D eigenvalue weighted by Crippen LogP contribution is 2.43. The molecule has 0 spiro atoms. The molecule has 0 aliphatic carbocycles. The third-order valence-corrected chi connectivity index (χ3v) is 6.59. The Kier molecular flexibility index (Phi) is 7.43. The minimum Gasteiger partial charge on any atom is -0.493 e. The van der Waals surface area contributed by atoms with Crippen LogP contribution in [-0.4, -0.2) is 48.9 Å². The fourth-order valence-electron chi connectivity index (χ4n) is 4.21. The minimum atomic E-state index is -0.657. The number of hydrogen-bond donors (Lipinski definition) is 0. The van der Waals surface area contributed by atoms with Gasteiger partial charge in [0.15, 0.2) is 11.5 Å². The molecule has 0 unspecified atom stereocenters. The molecular formula is C26H24IN3O6. The van der Waals surface area contributed by atoms with Crippen molar-refractivity contribution < 1.29 is 23.7 Å². The van der Waals surface area contributed by atoms with E-state index in [-0.39, 0.29) is 17.8 Å². The van der Waals surface area contributed by atoms with Crippen molar-refractivity contribution in [2.45, 2.75) is 13.5 Å².